The zero-order valence-electron chi connectivity index (χ0n) is 11.8. The van der Waals surface area contributed by atoms with Gasteiger partial charge in [-0.05, 0) is 38.8 Å². The summed E-state index contributed by atoms with van der Waals surface area (Å²) < 4.78 is 16.1. The van der Waals surface area contributed by atoms with Crippen LogP contribution in [-0.4, -0.2) is 40.4 Å². The fourth-order valence-electron chi connectivity index (χ4n) is 1.12. The van der Waals surface area contributed by atoms with Gasteiger partial charge < -0.3 is 14.2 Å². The third-order valence-electron chi connectivity index (χ3n) is 1.85. The molecule has 1 aromatic rings. The average molecular weight is 290 g/mol. The minimum Gasteiger partial charge on any atom is -0.463 e. The Kier molecular flexibility index (Phi) is 6.24. The Labute approximate surface area is 118 Å². The van der Waals surface area contributed by atoms with Crippen LogP contribution in [-0.2, 0) is 4.74 Å². The third-order valence-corrected chi connectivity index (χ3v) is 2.02. The van der Waals surface area contributed by atoms with Crippen molar-refractivity contribution < 1.29 is 14.2 Å². The molecule has 0 saturated heterocycles. The predicted octanol–water partition coefficient (Wildman–Crippen LogP) is 2.51. The van der Waals surface area contributed by atoms with E-state index in [-0.39, 0.29) is 22.9 Å². The molecule has 0 unspecified atom stereocenters. The van der Waals surface area contributed by atoms with E-state index < -0.39 is 0 Å². The van der Waals surface area contributed by atoms with E-state index >= 15 is 0 Å². The van der Waals surface area contributed by atoms with Crippen molar-refractivity contribution in [2.75, 3.05) is 19.8 Å². The number of halogens is 1. The Morgan fingerprint density at radius 3 is 2.05 bits per heavy atom. The second-order valence-corrected chi connectivity index (χ2v) is 5.17. The molecule has 0 aliphatic carbocycles. The fraction of sp³-hybridized carbons (Fsp3) is 0.750. The summed E-state index contributed by atoms with van der Waals surface area (Å²) in [6.07, 6.45) is 0.860. The van der Waals surface area contributed by atoms with Crippen molar-refractivity contribution in [3.05, 3.63) is 5.28 Å². The lowest BCUT2D eigenvalue weighted by molar-refractivity contribution is -0.0174. The van der Waals surface area contributed by atoms with Crippen LogP contribution in [0, 0.1) is 0 Å². The fourth-order valence-corrected chi connectivity index (χ4v) is 1.26. The maximum atomic E-state index is 5.76. The van der Waals surface area contributed by atoms with E-state index in [1.165, 1.54) is 0 Å². The molecule has 1 heterocycles. The normalized spacial score (nSPS) is 11.4. The molecule has 0 bridgehead atoms. The Balaban J connectivity index is 2.46. The van der Waals surface area contributed by atoms with E-state index in [0.717, 1.165) is 6.42 Å². The first-order chi connectivity index (χ1) is 8.90. The maximum Gasteiger partial charge on any atom is 0.324 e. The molecular formula is C12H20ClN3O3. The summed E-state index contributed by atoms with van der Waals surface area (Å²) in [7, 11) is 0. The zero-order valence-corrected chi connectivity index (χ0v) is 12.5. The quantitative estimate of drug-likeness (QED) is 0.719. The highest BCUT2D eigenvalue weighted by atomic mass is 35.5. The van der Waals surface area contributed by atoms with Gasteiger partial charge in [0.05, 0.1) is 18.8 Å². The van der Waals surface area contributed by atoms with Crippen molar-refractivity contribution in [3.63, 3.8) is 0 Å². The molecule has 0 atom stereocenters. The van der Waals surface area contributed by atoms with E-state index in [2.05, 4.69) is 15.0 Å². The Morgan fingerprint density at radius 2 is 1.53 bits per heavy atom. The van der Waals surface area contributed by atoms with E-state index in [1.54, 1.807) is 0 Å². The smallest absolute Gasteiger partial charge is 0.324 e. The van der Waals surface area contributed by atoms with Gasteiger partial charge in [0.1, 0.15) is 6.61 Å². The molecule has 0 spiro atoms. The highest BCUT2D eigenvalue weighted by molar-refractivity contribution is 6.28. The van der Waals surface area contributed by atoms with Gasteiger partial charge in [-0.1, -0.05) is 6.92 Å². The highest BCUT2D eigenvalue weighted by Crippen LogP contribution is 2.13. The van der Waals surface area contributed by atoms with Crippen molar-refractivity contribution in [2.45, 2.75) is 39.7 Å². The van der Waals surface area contributed by atoms with Crippen LogP contribution in [0.1, 0.15) is 34.1 Å². The van der Waals surface area contributed by atoms with Crippen molar-refractivity contribution in [2.24, 2.45) is 0 Å². The summed E-state index contributed by atoms with van der Waals surface area (Å²) in [5.74, 6) is 0. The van der Waals surface area contributed by atoms with E-state index in [1.807, 2.05) is 27.7 Å². The van der Waals surface area contributed by atoms with Crippen LogP contribution >= 0.6 is 11.6 Å². The van der Waals surface area contributed by atoms with Crippen molar-refractivity contribution >= 4 is 11.6 Å². The molecule has 0 fully saturated rings. The van der Waals surface area contributed by atoms with Crippen LogP contribution in [0.25, 0.3) is 0 Å². The SMILES string of the molecule is CCCOc1nc(Cl)nc(OCCOC(C)(C)C)n1. The number of aromatic nitrogens is 3. The van der Waals surface area contributed by atoms with Crippen LogP contribution in [0.4, 0.5) is 0 Å². The van der Waals surface area contributed by atoms with E-state index in [0.29, 0.717) is 19.8 Å². The molecule has 0 aromatic carbocycles. The number of rotatable bonds is 7. The molecule has 0 saturated carbocycles. The van der Waals surface area contributed by atoms with Gasteiger partial charge in [-0.2, -0.15) is 9.97 Å². The molecule has 6 nitrogen and oxygen atoms in total. The number of ether oxygens (including phenoxy) is 3. The largest absolute Gasteiger partial charge is 0.463 e. The Hall–Kier alpha value is -1.14. The summed E-state index contributed by atoms with van der Waals surface area (Å²) in [5, 5.41) is 0.0489. The molecule has 1 rings (SSSR count). The second-order valence-electron chi connectivity index (χ2n) is 4.83. The van der Waals surface area contributed by atoms with Crippen LogP contribution in [0.5, 0.6) is 12.0 Å². The lowest BCUT2D eigenvalue weighted by Crippen LogP contribution is -2.22. The van der Waals surface area contributed by atoms with Gasteiger partial charge in [-0.3, -0.25) is 0 Å². The predicted molar refractivity (Wildman–Crippen MR) is 71.8 cm³/mol. The molecule has 1 aromatic heterocycles. The molecule has 0 aliphatic heterocycles. The van der Waals surface area contributed by atoms with Gasteiger partial charge >= 0.3 is 12.0 Å². The summed E-state index contributed by atoms with van der Waals surface area (Å²) in [6, 6.07) is 0.317. The lowest BCUT2D eigenvalue weighted by Gasteiger charge is -2.19. The Bertz CT molecular complexity index is 396. The van der Waals surface area contributed by atoms with E-state index in [9.17, 15) is 0 Å². The minimum absolute atomic E-state index is 0.0489. The number of nitrogens with zero attached hydrogens (tertiary/aromatic N) is 3. The van der Waals surface area contributed by atoms with Gasteiger partial charge in [0.2, 0.25) is 5.28 Å². The molecule has 0 amide bonds. The van der Waals surface area contributed by atoms with Crippen LogP contribution in [0.3, 0.4) is 0 Å². The van der Waals surface area contributed by atoms with Gasteiger partial charge in [0.25, 0.3) is 0 Å². The summed E-state index contributed by atoms with van der Waals surface area (Å²) in [6.45, 7) is 9.22. The van der Waals surface area contributed by atoms with Crippen LogP contribution in [0.15, 0.2) is 0 Å². The molecule has 0 aliphatic rings. The average Bonchev–Trinajstić information content (AvgIpc) is 2.30. The maximum absolute atomic E-state index is 5.76. The second kappa shape index (κ2) is 7.45. The Morgan fingerprint density at radius 1 is 0.947 bits per heavy atom. The molecule has 0 radical (unpaired) electrons. The third kappa shape index (κ3) is 7.12. The first-order valence-corrected chi connectivity index (χ1v) is 6.59. The summed E-state index contributed by atoms with van der Waals surface area (Å²) >= 11 is 5.76. The minimum atomic E-state index is -0.199. The van der Waals surface area contributed by atoms with Gasteiger partial charge in [0, 0.05) is 0 Å². The van der Waals surface area contributed by atoms with Gasteiger partial charge in [0.15, 0.2) is 0 Å². The number of hydrogen-bond acceptors (Lipinski definition) is 6. The van der Waals surface area contributed by atoms with Crippen LogP contribution < -0.4 is 9.47 Å². The monoisotopic (exact) mass is 289 g/mol. The van der Waals surface area contributed by atoms with Crippen molar-refractivity contribution in [1.29, 1.82) is 0 Å². The first kappa shape index (κ1) is 15.9. The topological polar surface area (TPSA) is 66.4 Å². The van der Waals surface area contributed by atoms with Crippen molar-refractivity contribution in [3.8, 4) is 12.0 Å². The zero-order chi connectivity index (χ0) is 14.3. The molecule has 19 heavy (non-hydrogen) atoms. The van der Waals surface area contributed by atoms with Crippen molar-refractivity contribution in [1.82, 2.24) is 15.0 Å². The molecule has 108 valence electrons. The first-order valence-electron chi connectivity index (χ1n) is 6.22. The molecule has 0 N–H and O–H groups in total. The van der Waals surface area contributed by atoms with Crippen LogP contribution in [0.2, 0.25) is 5.28 Å². The summed E-state index contributed by atoms with van der Waals surface area (Å²) in [5.41, 5.74) is -0.199. The molecular weight excluding hydrogens is 270 g/mol. The van der Waals surface area contributed by atoms with Gasteiger partial charge in [-0.15, -0.1) is 4.98 Å². The summed E-state index contributed by atoms with van der Waals surface area (Å²) in [4.78, 5) is 11.7. The van der Waals surface area contributed by atoms with Gasteiger partial charge in [-0.25, -0.2) is 0 Å². The number of hydrogen-bond donors (Lipinski definition) is 0. The molecule has 7 heteroatoms. The standard InChI is InChI=1S/C12H20ClN3O3/c1-5-6-17-10-14-9(13)15-11(16-10)18-7-8-19-12(2,3)4/h5-8H2,1-4H3. The lowest BCUT2D eigenvalue weighted by atomic mass is 10.2. The highest BCUT2D eigenvalue weighted by Gasteiger charge is 2.11. The van der Waals surface area contributed by atoms with E-state index in [4.69, 9.17) is 25.8 Å².